The SMILES string of the molecule is CCOCC[C@H]1[C@H]2C[C@@H](N)C[C@@H]2CN1c1ccc(-c2cc(F)cc(F)c2F)nn1. The smallest absolute Gasteiger partial charge is 0.168 e. The van der Waals surface area contributed by atoms with Gasteiger partial charge in [-0.05, 0) is 56.2 Å². The highest BCUT2D eigenvalue weighted by Gasteiger charge is 2.46. The summed E-state index contributed by atoms with van der Waals surface area (Å²) in [5.41, 5.74) is 6.03. The van der Waals surface area contributed by atoms with Gasteiger partial charge in [-0.15, -0.1) is 10.2 Å². The highest BCUT2D eigenvalue weighted by Crippen LogP contribution is 2.44. The molecule has 1 saturated carbocycles. The molecule has 2 aliphatic rings. The van der Waals surface area contributed by atoms with E-state index >= 15 is 0 Å². The van der Waals surface area contributed by atoms with Crippen molar-refractivity contribution in [3.63, 3.8) is 0 Å². The van der Waals surface area contributed by atoms with Crippen molar-refractivity contribution in [3.8, 4) is 11.3 Å². The molecule has 2 fully saturated rings. The number of halogens is 3. The first-order valence-electron chi connectivity index (χ1n) is 10.1. The van der Waals surface area contributed by atoms with Crippen LogP contribution in [0.1, 0.15) is 26.2 Å². The van der Waals surface area contributed by atoms with E-state index in [-0.39, 0.29) is 23.3 Å². The van der Waals surface area contributed by atoms with Gasteiger partial charge in [0.25, 0.3) is 0 Å². The molecule has 1 aromatic carbocycles. The lowest BCUT2D eigenvalue weighted by Crippen LogP contribution is -2.36. The minimum atomic E-state index is -1.24. The molecule has 4 rings (SSSR count). The first-order chi connectivity index (χ1) is 14.0. The van der Waals surface area contributed by atoms with Gasteiger partial charge in [-0.25, -0.2) is 13.2 Å². The normalized spacial score (nSPS) is 26.2. The molecule has 0 bridgehead atoms. The monoisotopic (exact) mass is 406 g/mol. The molecule has 0 unspecified atom stereocenters. The van der Waals surface area contributed by atoms with Crippen molar-refractivity contribution in [1.82, 2.24) is 10.2 Å². The molecule has 5 nitrogen and oxygen atoms in total. The Morgan fingerprint density at radius 1 is 1.17 bits per heavy atom. The third-order valence-electron chi connectivity index (χ3n) is 6.09. The van der Waals surface area contributed by atoms with Crippen LogP contribution in [0.15, 0.2) is 24.3 Å². The fourth-order valence-electron chi connectivity index (χ4n) is 4.85. The summed E-state index contributed by atoms with van der Waals surface area (Å²) >= 11 is 0. The minimum Gasteiger partial charge on any atom is -0.382 e. The van der Waals surface area contributed by atoms with Gasteiger partial charge in [0.15, 0.2) is 17.5 Å². The maximum Gasteiger partial charge on any atom is 0.168 e. The number of benzene rings is 1. The number of nitrogens with two attached hydrogens (primary N) is 1. The number of hydrogen-bond donors (Lipinski definition) is 1. The Hall–Kier alpha value is -2.19. The number of ether oxygens (including phenoxy) is 1. The summed E-state index contributed by atoms with van der Waals surface area (Å²) in [4.78, 5) is 2.22. The predicted molar refractivity (Wildman–Crippen MR) is 104 cm³/mol. The Balaban J connectivity index is 1.57. The van der Waals surface area contributed by atoms with E-state index in [1.165, 1.54) is 0 Å². The van der Waals surface area contributed by atoms with Crippen molar-refractivity contribution in [2.45, 2.75) is 38.3 Å². The van der Waals surface area contributed by atoms with Crippen LogP contribution in [0.3, 0.4) is 0 Å². The summed E-state index contributed by atoms with van der Waals surface area (Å²) in [5, 5.41) is 8.31. The van der Waals surface area contributed by atoms with Gasteiger partial charge in [0.1, 0.15) is 5.82 Å². The van der Waals surface area contributed by atoms with Crippen LogP contribution < -0.4 is 10.6 Å². The zero-order valence-corrected chi connectivity index (χ0v) is 16.3. The Labute approximate surface area is 168 Å². The van der Waals surface area contributed by atoms with Gasteiger partial charge >= 0.3 is 0 Å². The average molecular weight is 406 g/mol. The third-order valence-corrected chi connectivity index (χ3v) is 6.09. The summed E-state index contributed by atoms with van der Waals surface area (Å²) in [5.74, 6) is -1.56. The lowest BCUT2D eigenvalue weighted by molar-refractivity contribution is 0.135. The zero-order chi connectivity index (χ0) is 20.5. The molecule has 1 aliphatic carbocycles. The van der Waals surface area contributed by atoms with Crippen LogP contribution in [0.4, 0.5) is 19.0 Å². The summed E-state index contributed by atoms with van der Waals surface area (Å²) in [6.45, 7) is 4.14. The van der Waals surface area contributed by atoms with Crippen molar-refractivity contribution in [3.05, 3.63) is 41.7 Å². The van der Waals surface area contributed by atoms with Crippen LogP contribution in [-0.4, -0.2) is 42.0 Å². The topological polar surface area (TPSA) is 64.3 Å². The molecule has 0 spiro atoms. The van der Waals surface area contributed by atoms with Gasteiger partial charge in [0.2, 0.25) is 0 Å². The third kappa shape index (κ3) is 3.96. The summed E-state index contributed by atoms with van der Waals surface area (Å²) < 4.78 is 46.6. The largest absolute Gasteiger partial charge is 0.382 e. The van der Waals surface area contributed by atoms with Gasteiger partial charge in [0.05, 0.1) is 5.69 Å². The van der Waals surface area contributed by atoms with Crippen molar-refractivity contribution >= 4 is 5.82 Å². The molecule has 4 atom stereocenters. The lowest BCUT2D eigenvalue weighted by atomic mass is 9.92. The first-order valence-corrected chi connectivity index (χ1v) is 10.1. The fourth-order valence-corrected chi connectivity index (χ4v) is 4.85. The van der Waals surface area contributed by atoms with Crippen LogP contribution in [-0.2, 0) is 4.74 Å². The van der Waals surface area contributed by atoms with Gasteiger partial charge < -0.3 is 15.4 Å². The summed E-state index contributed by atoms with van der Waals surface area (Å²) in [7, 11) is 0. The predicted octanol–water partition coefficient (Wildman–Crippen LogP) is 3.53. The summed E-state index contributed by atoms with van der Waals surface area (Å²) in [6.07, 6.45) is 2.84. The van der Waals surface area contributed by atoms with Crippen LogP contribution in [0.2, 0.25) is 0 Å². The lowest BCUT2D eigenvalue weighted by Gasteiger charge is -2.29. The molecular formula is C21H25F3N4O. The van der Waals surface area contributed by atoms with Gasteiger partial charge in [-0.1, -0.05) is 0 Å². The quantitative estimate of drug-likeness (QED) is 0.587. The molecule has 1 aliphatic heterocycles. The standard InChI is InChI=1S/C21H25F3N4O/c1-2-29-6-5-19-15-10-14(25)7-12(15)11-28(19)20-4-3-18(26-27-20)16-8-13(22)9-17(23)21(16)24/h3-4,8-9,12,14-15,19H,2,5-7,10-11,25H2,1H3/t12-,14+,15+,19+/m1/s1. The van der Waals surface area contributed by atoms with E-state index < -0.39 is 17.5 Å². The maximum absolute atomic E-state index is 14.1. The molecule has 29 heavy (non-hydrogen) atoms. The number of aromatic nitrogens is 2. The molecule has 8 heteroatoms. The molecule has 1 saturated heterocycles. The van der Waals surface area contributed by atoms with Gasteiger partial charge in [0, 0.05) is 43.5 Å². The Kier molecular flexibility index (Phi) is 5.74. The maximum atomic E-state index is 14.1. The second-order valence-corrected chi connectivity index (χ2v) is 7.89. The number of nitrogens with zero attached hydrogens (tertiary/aromatic N) is 3. The van der Waals surface area contributed by atoms with Crippen molar-refractivity contribution in [2.75, 3.05) is 24.7 Å². The van der Waals surface area contributed by atoms with Crippen molar-refractivity contribution < 1.29 is 17.9 Å². The Bertz CT molecular complexity index is 864. The Morgan fingerprint density at radius 3 is 2.72 bits per heavy atom. The van der Waals surface area contributed by atoms with E-state index in [2.05, 4.69) is 15.1 Å². The minimum absolute atomic E-state index is 0.0944. The second-order valence-electron chi connectivity index (χ2n) is 7.89. The van der Waals surface area contributed by atoms with E-state index in [4.69, 9.17) is 10.5 Å². The Morgan fingerprint density at radius 2 is 2.00 bits per heavy atom. The van der Waals surface area contributed by atoms with E-state index in [1.807, 2.05) is 6.92 Å². The van der Waals surface area contributed by atoms with E-state index in [0.717, 1.165) is 31.9 Å². The van der Waals surface area contributed by atoms with E-state index in [0.29, 0.717) is 36.9 Å². The van der Waals surface area contributed by atoms with Crippen LogP contribution in [0.5, 0.6) is 0 Å². The summed E-state index contributed by atoms with van der Waals surface area (Å²) in [6, 6.07) is 5.22. The van der Waals surface area contributed by atoms with E-state index in [9.17, 15) is 13.2 Å². The zero-order valence-electron chi connectivity index (χ0n) is 16.3. The van der Waals surface area contributed by atoms with Gasteiger partial charge in [-0.2, -0.15) is 0 Å². The molecular weight excluding hydrogens is 381 g/mol. The van der Waals surface area contributed by atoms with Crippen LogP contribution in [0, 0.1) is 29.3 Å². The van der Waals surface area contributed by atoms with Crippen LogP contribution in [0.25, 0.3) is 11.3 Å². The fraction of sp³-hybridized carbons (Fsp3) is 0.524. The number of rotatable bonds is 6. The highest BCUT2D eigenvalue weighted by atomic mass is 19.2. The van der Waals surface area contributed by atoms with Crippen molar-refractivity contribution in [2.24, 2.45) is 17.6 Å². The molecule has 156 valence electrons. The first kappa shape index (κ1) is 20.1. The van der Waals surface area contributed by atoms with Crippen LogP contribution >= 0.6 is 0 Å². The number of anilines is 1. The van der Waals surface area contributed by atoms with Gasteiger partial charge in [-0.3, -0.25) is 0 Å². The highest BCUT2D eigenvalue weighted by molar-refractivity contribution is 5.61. The molecule has 2 N–H and O–H groups in total. The molecule has 2 heterocycles. The second kappa shape index (κ2) is 8.28. The molecule has 0 amide bonds. The molecule has 1 aromatic heterocycles. The number of fused-ring (bicyclic) bond motifs is 1. The molecule has 0 radical (unpaired) electrons. The van der Waals surface area contributed by atoms with E-state index in [1.54, 1.807) is 12.1 Å². The van der Waals surface area contributed by atoms with Crippen molar-refractivity contribution in [1.29, 1.82) is 0 Å². The number of hydrogen-bond acceptors (Lipinski definition) is 5. The average Bonchev–Trinajstić information content (AvgIpc) is 3.22. The molecule has 2 aromatic rings.